The van der Waals surface area contributed by atoms with E-state index in [1.165, 1.54) is 5.56 Å². The molecule has 0 aliphatic carbocycles. The van der Waals surface area contributed by atoms with Crippen molar-refractivity contribution in [3.05, 3.63) is 65.6 Å². The number of para-hydroxylation sites is 2. The normalized spacial score (nSPS) is 17.2. The van der Waals surface area contributed by atoms with Crippen molar-refractivity contribution in [2.75, 3.05) is 19.7 Å². The van der Waals surface area contributed by atoms with E-state index in [0.29, 0.717) is 0 Å². The molecule has 5 nitrogen and oxygen atoms in total. The summed E-state index contributed by atoms with van der Waals surface area (Å²) in [5.74, 6) is 2.10. The third kappa shape index (κ3) is 3.28. The van der Waals surface area contributed by atoms with E-state index in [2.05, 4.69) is 11.1 Å². The Morgan fingerprint density at radius 3 is 2.86 bits per heavy atom. The zero-order valence-corrected chi connectivity index (χ0v) is 15.6. The Labute approximate surface area is 163 Å². The van der Waals surface area contributed by atoms with Crippen LogP contribution in [-0.4, -0.2) is 35.5 Å². The van der Waals surface area contributed by atoms with Crippen LogP contribution >= 0.6 is 0 Å². The van der Waals surface area contributed by atoms with Crippen LogP contribution in [-0.2, 0) is 11.2 Å². The summed E-state index contributed by atoms with van der Waals surface area (Å²) in [5.41, 5.74) is 3.99. The summed E-state index contributed by atoms with van der Waals surface area (Å²) in [7, 11) is 0. The van der Waals surface area contributed by atoms with E-state index >= 15 is 0 Å². The van der Waals surface area contributed by atoms with E-state index in [1.54, 1.807) is 6.08 Å². The highest BCUT2D eigenvalue weighted by atomic mass is 16.5. The second-order valence-electron chi connectivity index (χ2n) is 7.42. The average Bonchev–Trinajstić information content (AvgIpc) is 3.38. The average molecular weight is 374 g/mol. The van der Waals surface area contributed by atoms with Crippen LogP contribution in [0.15, 0.2) is 53.0 Å². The molecule has 3 aromatic rings. The van der Waals surface area contributed by atoms with Gasteiger partial charge in [-0.15, -0.1) is 0 Å². The predicted octanol–water partition coefficient (Wildman–Crippen LogP) is 4.18. The molecule has 1 saturated heterocycles. The lowest BCUT2D eigenvalue weighted by Gasteiger charge is -2.29. The standard InChI is InChI=1S/C23H22N2O3/c26-22(8-6-16-5-7-20-18(15-16)11-14-27-20)25-12-9-17(10-13-25)23-24-19-3-1-2-4-21(19)28-23/h1-8,15,17H,9-14H2/b8-6+. The Morgan fingerprint density at radius 1 is 1.14 bits per heavy atom. The number of hydrogen-bond donors (Lipinski definition) is 0. The smallest absolute Gasteiger partial charge is 0.246 e. The van der Waals surface area contributed by atoms with Crippen molar-refractivity contribution in [3.63, 3.8) is 0 Å². The topological polar surface area (TPSA) is 55.6 Å². The van der Waals surface area contributed by atoms with Gasteiger partial charge in [-0.2, -0.15) is 0 Å². The van der Waals surface area contributed by atoms with Crippen molar-refractivity contribution in [1.29, 1.82) is 0 Å². The lowest BCUT2D eigenvalue weighted by atomic mass is 9.96. The first-order chi connectivity index (χ1) is 13.8. The van der Waals surface area contributed by atoms with E-state index in [1.807, 2.05) is 47.4 Å². The number of carbonyl (C=O) groups excluding carboxylic acids is 1. The van der Waals surface area contributed by atoms with Crippen molar-refractivity contribution in [3.8, 4) is 5.75 Å². The van der Waals surface area contributed by atoms with E-state index in [4.69, 9.17) is 9.15 Å². The molecular weight excluding hydrogens is 352 g/mol. The van der Waals surface area contributed by atoms with E-state index in [0.717, 1.165) is 67.3 Å². The SMILES string of the molecule is O=C(/C=C/c1ccc2c(c1)CCO2)N1CCC(c2nc3ccccc3o2)CC1. The lowest BCUT2D eigenvalue weighted by molar-refractivity contribution is -0.127. The minimum absolute atomic E-state index is 0.0627. The summed E-state index contributed by atoms with van der Waals surface area (Å²) < 4.78 is 11.4. The molecule has 142 valence electrons. The van der Waals surface area contributed by atoms with Gasteiger partial charge in [0.25, 0.3) is 0 Å². The maximum atomic E-state index is 12.6. The van der Waals surface area contributed by atoms with Gasteiger partial charge in [-0.25, -0.2) is 4.98 Å². The number of fused-ring (bicyclic) bond motifs is 2. The molecule has 2 aliphatic rings. The Balaban J connectivity index is 1.21. The molecule has 3 heterocycles. The van der Waals surface area contributed by atoms with Crippen LogP contribution in [0, 0.1) is 0 Å². The molecule has 0 spiro atoms. The van der Waals surface area contributed by atoms with Crippen LogP contribution in [0.3, 0.4) is 0 Å². The van der Waals surface area contributed by atoms with Crippen molar-refractivity contribution >= 4 is 23.1 Å². The molecule has 5 heteroatoms. The number of benzene rings is 2. The minimum Gasteiger partial charge on any atom is -0.493 e. The van der Waals surface area contributed by atoms with Gasteiger partial charge in [0.1, 0.15) is 11.3 Å². The molecule has 0 atom stereocenters. The van der Waals surface area contributed by atoms with Crippen LogP contribution in [0.2, 0.25) is 0 Å². The number of piperidine rings is 1. The quantitative estimate of drug-likeness (QED) is 0.645. The van der Waals surface area contributed by atoms with E-state index < -0.39 is 0 Å². The number of oxazole rings is 1. The number of likely N-dealkylation sites (tertiary alicyclic amines) is 1. The Bertz CT molecular complexity index is 1010. The molecule has 1 fully saturated rings. The second-order valence-corrected chi connectivity index (χ2v) is 7.42. The number of nitrogens with zero attached hydrogens (tertiary/aromatic N) is 2. The molecule has 0 N–H and O–H groups in total. The monoisotopic (exact) mass is 374 g/mol. The van der Waals surface area contributed by atoms with E-state index in [9.17, 15) is 4.79 Å². The van der Waals surface area contributed by atoms with Gasteiger partial charge in [-0.05, 0) is 54.3 Å². The molecule has 0 radical (unpaired) electrons. The zero-order valence-electron chi connectivity index (χ0n) is 15.6. The van der Waals surface area contributed by atoms with Crippen LogP contribution in [0.4, 0.5) is 0 Å². The highest BCUT2D eigenvalue weighted by Gasteiger charge is 2.26. The minimum atomic E-state index is 0.0627. The van der Waals surface area contributed by atoms with Gasteiger partial charge in [0.05, 0.1) is 6.61 Å². The molecule has 0 bridgehead atoms. The van der Waals surface area contributed by atoms with Gasteiger partial charge in [0.2, 0.25) is 5.91 Å². The molecular formula is C23H22N2O3. The number of aromatic nitrogens is 1. The summed E-state index contributed by atoms with van der Waals surface area (Å²) in [4.78, 5) is 19.1. The van der Waals surface area contributed by atoms with Crippen LogP contribution in [0.25, 0.3) is 17.2 Å². The molecule has 2 aliphatic heterocycles. The third-order valence-corrected chi connectivity index (χ3v) is 5.60. The largest absolute Gasteiger partial charge is 0.493 e. The lowest BCUT2D eigenvalue weighted by Crippen LogP contribution is -2.36. The fraction of sp³-hybridized carbons (Fsp3) is 0.304. The zero-order chi connectivity index (χ0) is 18.9. The summed E-state index contributed by atoms with van der Waals surface area (Å²) in [6.45, 7) is 2.20. The number of hydrogen-bond acceptors (Lipinski definition) is 4. The van der Waals surface area contributed by atoms with Gasteiger partial charge in [0, 0.05) is 31.5 Å². The Kier molecular flexibility index (Phi) is 4.35. The summed E-state index contributed by atoms with van der Waals surface area (Å²) in [5, 5.41) is 0. The predicted molar refractivity (Wildman–Crippen MR) is 107 cm³/mol. The fourth-order valence-electron chi connectivity index (χ4n) is 3.99. The summed E-state index contributed by atoms with van der Waals surface area (Å²) in [6.07, 6.45) is 6.27. The first-order valence-electron chi connectivity index (χ1n) is 9.84. The van der Waals surface area contributed by atoms with Gasteiger partial charge in [0.15, 0.2) is 11.5 Å². The Hall–Kier alpha value is -3.08. The first-order valence-corrected chi connectivity index (χ1v) is 9.84. The first kappa shape index (κ1) is 17.0. The number of rotatable bonds is 3. The van der Waals surface area contributed by atoms with E-state index in [-0.39, 0.29) is 11.8 Å². The summed E-state index contributed by atoms with van der Waals surface area (Å²) >= 11 is 0. The van der Waals surface area contributed by atoms with Crippen molar-refractivity contribution in [2.24, 2.45) is 0 Å². The van der Waals surface area contributed by atoms with Gasteiger partial charge >= 0.3 is 0 Å². The molecule has 1 aromatic heterocycles. The molecule has 2 aromatic carbocycles. The molecule has 28 heavy (non-hydrogen) atoms. The fourth-order valence-corrected chi connectivity index (χ4v) is 3.99. The summed E-state index contributed by atoms with van der Waals surface area (Å²) in [6, 6.07) is 13.9. The molecule has 0 saturated carbocycles. The maximum Gasteiger partial charge on any atom is 0.246 e. The molecule has 0 unspecified atom stereocenters. The van der Waals surface area contributed by atoms with Crippen molar-refractivity contribution in [2.45, 2.75) is 25.2 Å². The Morgan fingerprint density at radius 2 is 2.00 bits per heavy atom. The highest BCUT2D eigenvalue weighted by molar-refractivity contribution is 5.91. The van der Waals surface area contributed by atoms with Crippen LogP contribution in [0.1, 0.15) is 35.8 Å². The molecule has 1 amide bonds. The second kappa shape index (κ2) is 7.15. The number of carbonyl (C=O) groups is 1. The van der Waals surface area contributed by atoms with Gasteiger partial charge < -0.3 is 14.1 Å². The third-order valence-electron chi connectivity index (χ3n) is 5.60. The van der Waals surface area contributed by atoms with Crippen molar-refractivity contribution in [1.82, 2.24) is 9.88 Å². The highest BCUT2D eigenvalue weighted by Crippen LogP contribution is 2.30. The van der Waals surface area contributed by atoms with Crippen molar-refractivity contribution < 1.29 is 13.9 Å². The van der Waals surface area contributed by atoms with Crippen LogP contribution in [0.5, 0.6) is 5.75 Å². The van der Waals surface area contributed by atoms with Gasteiger partial charge in [-0.1, -0.05) is 18.2 Å². The maximum absolute atomic E-state index is 12.6. The number of amides is 1. The number of ether oxygens (including phenoxy) is 1. The molecule has 5 rings (SSSR count). The van der Waals surface area contributed by atoms with Gasteiger partial charge in [-0.3, -0.25) is 4.79 Å². The van der Waals surface area contributed by atoms with Crippen LogP contribution < -0.4 is 4.74 Å².